The number of rotatable bonds is 4. The molecule has 2 rings (SSSR count). The van der Waals surface area contributed by atoms with Crippen molar-refractivity contribution >= 4 is 0 Å². The number of nitrogens with zero attached hydrogens (tertiary/aromatic N) is 2. The predicted molar refractivity (Wildman–Crippen MR) is 69.4 cm³/mol. The summed E-state index contributed by atoms with van der Waals surface area (Å²) >= 11 is 0. The smallest absolute Gasteiger partial charge is 0.159 e. The zero-order chi connectivity index (χ0) is 13.8. The van der Waals surface area contributed by atoms with Crippen molar-refractivity contribution in [2.24, 2.45) is 5.73 Å². The van der Waals surface area contributed by atoms with Crippen LogP contribution >= 0.6 is 0 Å². The third-order valence-corrected chi connectivity index (χ3v) is 2.89. The highest BCUT2D eigenvalue weighted by Gasteiger charge is 2.08. The van der Waals surface area contributed by atoms with Crippen molar-refractivity contribution in [3.8, 4) is 11.4 Å². The Morgan fingerprint density at radius 2 is 2.00 bits per heavy atom. The second kappa shape index (κ2) is 5.84. The van der Waals surface area contributed by atoms with E-state index in [1.807, 2.05) is 6.92 Å². The molecule has 0 bridgehead atoms. The molecule has 0 saturated heterocycles. The molecule has 2 N–H and O–H groups in total. The van der Waals surface area contributed by atoms with E-state index in [0.717, 1.165) is 24.2 Å². The Morgan fingerprint density at radius 3 is 2.68 bits per heavy atom. The minimum atomic E-state index is -0.906. The molecule has 100 valence electrons. The van der Waals surface area contributed by atoms with Crippen molar-refractivity contribution in [1.82, 2.24) is 9.97 Å². The number of aromatic nitrogens is 2. The maximum atomic E-state index is 13.2. The lowest BCUT2D eigenvalue weighted by Crippen LogP contribution is -2.22. The van der Waals surface area contributed by atoms with E-state index in [0.29, 0.717) is 17.8 Å². The van der Waals surface area contributed by atoms with Crippen molar-refractivity contribution in [2.75, 3.05) is 0 Å². The molecule has 3 nitrogen and oxygen atoms in total. The summed E-state index contributed by atoms with van der Waals surface area (Å²) in [5, 5.41) is 0. The number of nitrogens with two attached hydrogens (primary N) is 1. The average molecular weight is 263 g/mol. The normalized spacial score (nSPS) is 12.4. The summed E-state index contributed by atoms with van der Waals surface area (Å²) in [6.45, 7) is 2.00. The first-order chi connectivity index (χ1) is 9.10. The molecule has 1 heterocycles. The molecular formula is C14H15F2N3. The number of halogens is 2. The Balaban J connectivity index is 2.29. The maximum Gasteiger partial charge on any atom is 0.159 e. The van der Waals surface area contributed by atoms with Crippen molar-refractivity contribution in [1.29, 1.82) is 0 Å². The zero-order valence-electron chi connectivity index (χ0n) is 10.6. The van der Waals surface area contributed by atoms with Crippen LogP contribution in [0.3, 0.4) is 0 Å². The second-order valence-electron chi connectivity index (χ2n) is 4.37. The van der Waals surface area contributed by atoms with Gasteiger partial charge in [-0.2, -0.15) is 0 Å². The highest BCUT2D eigenvalue weighted by atomic mass is 19.2. The van der Waals surface area contributed by atoms with Crippen LogP contribution in [-0.4, -0.2) is 16.0 Å². The van der Waals surface area contributed by atoms with Gasteiger partial charge in [0.2, 0.25) is 0 Å². The van der Waals surface area contributed by atoms with Gasteiger partial charge in [-0.15, -0.1) is 0 Å². The summed E-state index contributed by atoms with van der Waals surface area (Å²) in [5.74, 6) is -1.41. The molecular weight excluding hydrogens is 248 g/mol. The molecule has 2 aromatic rings. The highest BCUT2D eigenvalue weighted by molar-refractivity contribution is 5.54. The van der Waals surface area contributed by atoms with E-state index in [9.17, 15) is 8.78 Å². The van der Waals surface area contributed by atoms with Crippen LogP contribution in [0.15, 0.2) is 30.5 Å². The van der Waals surface area contributed by atoms with Crippen LogP contribution < -0.4 is 5.73 Å². The topological polar surface area (TPSA) is 51.8 Å². The molecule has 0 fully saturated rings. The van der Waals surface area contributed by atoms with Crippen LogP contribution in [0.25, 0.3) is 11.4 Å². The van der Waals surface area contributed by atoms with Gasteiger partial charge in [0.15, 0.2) is 17.5 Å². The number of hydrogen-bond acceptors (Lipinski definition) is 3. The van der Waals surface area contributed by atoms with Crippen molar-refractivity contribution < 1.29 is 8.78 Å². The van der Waals surface area contributed by atoms with Gasteiger partial charge in [0.25, 0.3) is 0 Å². The second-order valence-corrected chi connectivity index (χ2v) is 4.37. The Morgan fingerprint density at radius 1 is 1.21 bits per heavy atom. The zero-order valence-corrected chi connectivity index (χ0v) is 10.6. The van der Waals surface area contributed by atoms with Gasteiger partial charge in [-0.25, -0.2) is 18.7 Å². The largest absolute Gasteiger partial charge is 0.327 e. The number of hydrogen-bond donors (Lipinski definition) is 1. The van der Waals surface area contributed by atoms with E-state index >= 15 is 0 Å². The van der Waals surface area contributed by atoms with Crippen LogP contribution in [0.5, 0.6) is 0 Å². The van der Waals surface area contributed by atoms with Gasteiger partial charge in [0, 0.05) is 29.9 Å². The van der Waals surface area contributed by atoms with E-state index in [4.69, 9.17) is 5.73 Å². The lowest BCUT2D eigenvalue weighted by atomic mass is 10.1. The van der Waals surface area contributed by atoms with Gasteiger partial charge in [0.05, 0.1) is 0 Å². The Bertz CT molecular complexity index is 572. The van der Waals surface area contributed by atoms with E-state index < -0.39 is 11.6 Å². The van der Waals surface area contributed by atoms with Gasteiger partial charge >= 0.3 is 0 Å². The third kappa shape index (κ3) is 3.32. The van der Waals surface area contributed by atoms with Gasteiger partial charge in [0.1, 0.15) is 0 Å². The van der Waals surface area contributed by atoms with Gasteiger partial charge in [-0.3, -0.25) is 0 Å². The van der Waals surface area contributed by atoms with E-state index in [1.54, 1.807) is 12.3 Å². The molecule has 19 heavy (non-hydrogen) atoms. The van der Waals surface area contributed by atoms with Crippen molar-refractivity contribution in [2.45, 2.75) is 25.8 Å². The van der Waals surface area contributed by atoms with Crippen LogP contribution in [0.2, 0.25) is 0 Å². The SMILES string of the molecule is CCC(N)Cc1ccnc(-c2ccc(F)c(F)c2)n1. The van der Waals surface area contributed by atoms with Gasteiger partial charge < -0.3 is 5.73 Å². The lowest BCUT2D eigenvalue weighted by Gasteiger charge is -2.08. The molecule has 1 aromatic heterocycles. The lowest BCUT2D eigenvalue weighted by molar-refractivity contribution is 0.509. The fraction of sp³-hybridized carbons (Fsp3) is 0.286. The molecule has 1 aromatic carbocycles. The van der Waals surface area contributed by atoms with Crippen molar-refractivity contribution in [3.05, 3.63) is 47.8 Å². The first-order valence-electron chi connectivity index (χ1n) is 6.13. The van der Waals surface area contributed by atoms with Crippen molar-refractivity contribution in [3.63, 3.8) is 0 Å². The van der Waals surface area contributed by atoms with Crippen LogP contribution in [0, 0.1) is 11.6 Å². The maximum absolute atomic E-state index is 13.2. The van der Waals surface area contributed by atoms with E-state index in [2.05, 4.69) is 9.97 Å². The summed E-state index contributed by atoms with van der Waals surface area (Å²) in [6.07, 6.45) is 3.08. The molecule has 0 radical (unpaired) electrons. The molecule has 0 saturated carbocycles. The average Bonchev–Trinajstić information content (AvgIpc) is 2.42. The fourth-order valence-corrected chi connectivity index (χ4v) is 1.70. The van der Waals surface area contributed by atoms with Crippen LogP contribution in [0.4, 0.5) is 8.78 Å². The predicted octanol–water partition coefficient (Wildman–Crippen LogP) is 2.70. The first-order valence-corrected chi connectivity index (χ1v) is 6.13. The molecule has 1 atom stereocenters. The van der Waals surface area contributed by atoms with Gasteiger partial charge in [-0.1, -0.05) is 6.92 Å². The molecule has 0 aliphatic carbocycles. The quantitative estimate of drug-likeness (QED) is 0.922. The third-order valence-electron chi connectivity index (χ3n) is 2.89. The van der Waals surface area contributed by atoms with Crippen LogP contribution in [-0.2, 0) is 6.42 Å². The molecule has 0 amide bonds. The summed E-state index contributed by atoms with van der Waals surface area (Å²) in [6, 6.07) is 5.43. The van der Waals surface area contributed by atoms with E-state index in [1.165, 1.54) is 6.07 Å². The summed E-state index contributed by atoms with van der Waals surface area (Å²) < 4.78 is 26.1. The minimum absolute atomic E-state index is 0.0349. The fourth-order valence-electron chi connectivity index (χ4n) is 1.70. The van der Waals surface area contributed by atoms with Crippen LogP contribution in [0.1, 0.15) is 19.0 Å². The Kier molecular flexibility index (Phi) is 4.16. The monoisotopic (exact) mass is 263 g/mol. The summed E-state index contributed by atoms with van der Waals surface area (Å²) in [5.41, 5.74) is 7.11. The summed E-state index contributed by atoms with van der Waals surface area (Å²) in [7, 11) is 0. The summed E-state index contributed by atoms with van der Waals surface area (Å²) in [4.78, 5) is 8.39. The molecule has 0 aliphatic heterocycles. The molecule has 0 aliphatic rings. The number of benzene rings is 1. The molecule has 1 unspecified atom stereocenters. The van der Waals surface area contributed by atoms with Gasteiger partial charge in [-0.05, 0) is 30.7 Å². The molecule has 0 spiro atoms. The highest BCUT2D eigenvalue weighted by Crippen LogP contribution is 2.18. The standard InChI is InChI=1S/C14H15F2N3/c1-2-10(17)8-11-5-6-18-14(19-11)9-3-4-12(15)13(16)7-9/h3-7,10H,2,8,17H2,1H3. The molecule has 5 heteroatoms. The van der Waals surface area contributed by atoms with E-state index in [-0.39, 0.29) is 6.04 Å². The Hall–Kier alpha value is -1.88. The minimum Gasteiger partial charge on any atom is -0.327 e. The Labute approximate surface area is 110 Å². The first kappa shape index (κ1) is 13.5.